The second kappa shape index (κ2) is 19.3. The summed E-state index contributed by atoms with van der Waals surface area (Å²) in [6.45, 7) is 11.9. The maximum atomic E-state index is 2.41. The minimum Gasteiger partial charge on any atom is -0.0654 e. The molecule has 0 bridgehead atoms. The van der Waals surface area contributed by atoms with E-state index in [1.807, 2.05) is 0 Å². The van der Waals surface area contributed by atoms with Gasteiger partial charge in [-0.15, -0.1) is 0 Å². The number of rotatable bonds is 20. The smallest absolute Gasteiger partial charge is 0.0383 e. The average Bonchev–Trinajstić information content (AvgIpc) is 2.62. The molecule has 0 saturated carbocycles. The van der Waals surface area contributed by atoms with Crippen LogP contribution in [0.15, 0.2) is 0 Å². The number of hydrogen-bond acceptors (Lipinski definition) is 0. The molecular weight excluding hydrogens is 324 g/mol. The summed E-state index contributed by atoms with van der Waals surface area (Å²) in [5, 5.41) is 0. The van der Waals surface area contributed by atoms with Crippen molar-refractivity contribution in [2.75, 3.05) is 0 Å². The lowest BCUT2D eigenvalue weighted by atomic mass is 9.83. The molecule has 0 saturated heterocycles. The summed E-state index contributed by atoms with van der Waals surface area (Å²) in [6, 6.07) is 0. The SMILES string of the molecule is CCCCCCCCCCC(CCCCCCCCCC)CCC(C)(C)C. The fourth-order valence-electron chi connectivity index (χ4n) is 4.20. The molecule has 0 aromatic carbocycles. The van der Waals surface area contributed by atoms with Crippen molar-refractivity contribution in [3.63, 3.8) is 0 Å². The monoisotopic (exact) mass is 380 g/mol. The summed E-state index contributed by atoms with van der Waals surface area (Å²) in [7, 11) is 0. The van der Waals surface area contributed by atoms with E-state index in [0.717, 1.165) is 5.92 Å². The lowest BCUT2D eigenvalue weighted by Gasteiger charge is -2.23. The largest absolute Gasteiger partial charge is 0.0654 e. The first kappa shape index (κ1) is 27.0. The third-order valence-corrected chi connectivity index (χ3v) is 6.23. The van der Waals surface area contributed by atoms with E-state index in [9.17, 15) is 0 Å². The molecule has 0 fully saturated rings. The van der Waals surface area contributed by atoms with Gasteiger partial charge in [0.25, 0.3) is 0 Å². The lowest BCUT2D eigenvalue weighted by molar-refractivity contribution is 0.293. The van der Waals surface area contributed by atoms with Gasteiger partial charge in [0.2, 0.25) is 0 Å². The first-order valence-corrected chi connectivity index (χ1v) is 13.0. The van der Waals surface area contributed by atoms with Gasteiger partial charge in [-0.3, -0.25) is 0 Å². The van der Waals surface area contributed by atoms with E-state index in [1.165, 1.54) is 128 Å². The van der Waals surface area contributed by atoms with Gasteiger partial charge < -0.3 is 0 Å². The topological polar surface area (TPSA) is 0 Å². The molecule has 0 heterocycles. The van der Waals surface area contributed by atoms with Crippen LogP contribution in [0.1, 0.15) is 163 Å². The molecule has 0 aliphatic carbocycles. The predicted molar refractivity (Wildman–Crippen MR) is 127 cm³/mol. The van der Waals surface area contributed by atoms with Crippen LogP contribution in [0.4, 0.5) is 0 Å². The predicted octanol–water partition coefficient (Wildman–Crippen LogP) is 10.5. The van der Waals surface area contributed by atoms with Crippen LogP contribution >= 0.6 is 0 Å². The van der Waals surface area contributed by atoms with Crippen molar-refractivity contribution in [1.29, 1.82) is 0 Å². The van der Waals surface area contributed by atoms with Gasteiger partial charge in [0.15, 0.2) is 0 Å². The third kappa shape index (κ3) is 22.2. The maximum Gasteiger partial charge on any atom is -0.0383 e. The molecule has 0 radical (unpaired) electrons. The van der Waals surface area contributed by atoms with Crippen molar-refractivity contribution in [2.24, 2.45) is 11.3 Å². The van der Waals surface area contributed by atoms with Gasteiger partial charge >= 0.3 is 0 Å². The summed E-state index contributed by atoms with van der Waals surface area (Å²) in [5.74, 6) is 1.00. The first-order valence-electron chi connectivity index (χ1n) is 13.0. The van der Waals surface area contributed by atoms with Crippen LogP contribution in [0, 0.1) is 11.3 Å². The Morgan fingerprint density at radius 3 is 1.11 bits per heavy atom. The van der Waals surface area contributed by atoms with E-state index >= 15 is 0 Å². The molecule has 0 aliphatic rings. The Balaban J connectivity index is 3.80. The summed E-state index contributed by atoms with van der Waals surface area (Å²) < 4.78 is 0. The van der Waals surface area contributed by atoms with E-state index in [-0.39, 0.29) is 0 Å². The van der Waals surface area contributed by atoms with E-state index in [4.69, 9.17) is 0 Å². The fraction of sp³-hybridized carbons (Fsp3) is 1.00. The van der Waals surface area contributed by atoms with Crippen LogP contribution in [0.5, 0.6) is 0 Å². The maximum absolute atomic E-state index is 2.41. The van der Waals surface area contributed by atoms with Gasteiger partial charge in [-0.1, -0.05) is 150 Å². The van der Waals surface area contributed by atoms with Crippen molar-refractivity contribution >= 4 is 0 Å². The molecule has 164 valence electrons. The van der Waals surface area contributed by atoms with Crippen LogP contribution in [0.3, 0.4) is 0 Å². The van der Waals surface area contributed by atoms with Gasteiger partial charge in [0.05, 0.1) is 0 Å². The van der Waals surface area contributed by atoms with Crippen LogP contribution < -0.4 is 0 Å². The molecule has 0 rings (SSSR count). The van der Waals surface area contributed by atoms with Crippen molar-refractivity contribution in [3.8, 4) is 0 Å². The molecule has 0 N–H and O–H groups in total. The van der Waals surface area contributed by atoms with Crippen LogP contribution in [0.2, 0.25) is 0 Å². The number of unbranched alkanes of at least 4 members (excludes halogenated alkanes) is 14. The average molecular weight is 381 g/mol. The van der Waals surface area contributed by atoms with Gasteiger partial charge in [-0.05, 0) is 24.2 Å². The highest BCUT2D eigenvalue weighted by molar-refractivity contribution is 4.67. The van der Waals surface area contributed by atoms with Crippen molar-refractivity contribution in [2.45, 2.75) is 163 Å². The van der Waals surface area contributed by atoms with Crippen molar-refractivity contribution in [1.82, 2.24) is 0 Å². The standard InChI is InChI=1S/C27H56/c1-6-8-10-12-14-16-18-20-22-26(24-25-27(3,4)5)23-21-19-17-15-13-11-9-7-2/h26H,6-25H2,1-5H3. The molecule has 0 spiro atoms. The second-order valence-corrected chi connectivity index (χ2v) is 10.5. The Morgan fingerprint density at radius 2 is 0.778 bits per heavy atom. The molecule has 0 atom stereocenters. The lowest BCUT2D eigenvalue weighted by Crippen LogP contribution is -2.10. The Morgan fingerprint density at radius 1 is 0.444 bits per heavy atom. The molecule has 0 amide bonds. The molecule has 27 heavy (non-hydrogen) atoms. The molecule has 0 aromatic rings. The highest BCUT2D eigenvalue weighted by Gasteiger charge is 2.15. The highest BCUT2D eigenvalue weighted by atomic mass is 14.2. The normalized spacial score (nSPS) is 12.2. The zero-order valence-electron chi connectivity index (χ0n) is 20.2. The molecule has 0 heteroatoms. The Hall–Kier alpha value is 0. The quantitative estimate of drug-likeness (QED) is 0.184. The molecular formula is C27H56. The summed E-state index contributed by atoms with van der Waals surface area (Å²) in [4.78, 5) is 0. The third-order valence-electron chi connectivity index (χ3n) is 6.23. The van der Waals surface area contributed by atoms with Crippen LogP contribution in [-0.2, 0) is 0 Å². The summed E-state index contributed by atoms with van der Waals surface area (Å²) >= 11 is 0. The number of hydrogen-bond donors (Lipinski definition) is 0. The van der Waals surface area contributed by atoms with Gasteiger partial charge in [-0.2, -0.15) is 0 Å². The van der Waals surface area contributed by atoms with Gasteiger partial charge in [0, 0.05) is 0 Å². The van der Waals surface area contributed by atoms with Gasteiger partial charge in [0.1, 0.15) is 0 Å². The first-order chi connectivity index (χ1) is 13.0. The Bertz CT molecular complexity index is 252. The van der Waals surface area contributed by atoms with Gasteiger partial charge in [-0.25, -0.2) is 0 Å². The molecule has 0 nitrogen and oxygen atoms in total. The summed E-state index contributed by atoms with van der Waals surface area (Å²) in [6.07, 6.45) is 29.2. The zero-order chi connectivity index (χ0) is 20.2. The van der Waals surface area contributed by atoms with E-state index < -0.39 is 0 Å². The molecule has 0 unspecified atom stereocenters. The Kier molecular flexibility index (Phi) is 19.3. The van der Waals surface area contributed by atoms with Crippen molar-refractivity contribution < 1.29 is 0 Å². The van der Waals surface area contributed by atoms with E-state index in [2.05, 4.69) is 34.6 Å². The summed E-state index contributed by atoms with van der Waals surface area (Å²) in [5.41, 5.74) is 0.511. The fourth-order valence-corrected chi connectivity index (χ4v) is 4.20. The highest BCUT2D eigenvalue weighted by Crippen LogP contribution is 2.29. The van der Waals surface area contributed by atoms with E-state index in [0.29, 0.717) is 5.41 Å². The molecule has 0 aliphatic heterocycles. The minimum absolute atomic E-state index is 0.511. The van der Waals surface area contributed by atoms with Crippen LogP contribution in [-0.4, -0.2) is 0 Å². The van der Waals surface area contributed by atoms with Crippen LogP contribution in [0.25, 0.3) is 0 Å². The Labute approximate surface area is 174 Å². The molecule has 0 aromatic heterocycles. The second-order valence-electron chi connectivity index (χ2n) is 10.5. The zero-order valence-corrected chi connectivity index (χ0v) is 20.2. The van der Waals surface area contributed by atoms with E-state index in [1.54, 1.807) is 0 Å². The van der Waals surface area contributed by atoms with Crippen molar-refractivity contribution in [3.05, 3.63) is 0 Å². The minimum atomic E-state index is 0.511.